The number of carbonyl (C=O) groups excluding carboxylic acids is 1. The fourth-order valence-electron chi connectivity index (χ4n) is 2.16. The van der Waals surface area contributed by atoms with Crippen molar-refractivity contribution in [2.45, 2.75) is 38.1 Å². The summed E-state index contributed by atoms with van der Waals surface area (Å²) >= 11 is 0. The SMILES string of the molecule is O=C(NNC1CCCCC1)c1ccc(F)cc1F. The Morgan fingerprint density at radius 2 is 1.89 bits per heavy atom. The Labute approximate surface area is 105 Å². The van der Waals surface area contributed by atoms with E-state index < -0.39 is 17.5 Å². The van der Waals surface area contributed by atoms with Gasteiger partial charge in [-0.25, -0.2) is 14.2 Å². The Morgan fingerprint density at radius 3 is 2.56 bits per heavy atom. The summed E-state index contributed by atoms with van der Waals surface area (Å²) in [6.07, 6.45) is 5.51. The zero-order chi connectivity index (χ0) is 13.0. The average Bonchev–Trinajstić information content (AvgIpc) is 2.37. The predicted molar refractivity (Wildman–Crippen MR) is 63.8 cm³/mol. The van der Waals surface area contributed by atoms with Crippen LogP contribution in [-0.2, 0) is 0 Å². The second kappa shape index (κ2) is 5.91. The van der Waals surface area contributed by atoms with Crippen molar-refractivity contribution in [1.29, 1.82) is 0 Å². The molecule has 0 spiro atoms. The minimum absolute atomic E-state index is 0.153. The van der Waals surface area contributed by atoms with E-state index in [2.05, 4.69) is 10.9 Å². The smallest absolute Gasteiger partial charge is 0.268 e. The van der Waals surface area contributed by atoms with Gasteiger partial charge >= 0.3 is 0 Å². The Bertz CT molecular complexity index is 431. The number of halogens is 2. The molecule has 0 aromatic heterocycles. The van der Waals surface area contributed by atoms with Crippen molar-refractivity contribution in [3.8, 4) is 0 Å². The monoisotopic (exact) mass is 254 g/mol. The summed E-state index contributed by atoms with van der Waals surface area (Å²) in [4.78, 5) is 11.7. The molecule has 2 N–H and O–H groups in total. The van der Waals surface area contributed by atoms with Crippen LogP contribution in [0.5, 0.6) is 0 Å². The van der Waals surface area contributed by atoms with E-state index in [1.165, 1.54) is 6.42 Å². The second-order valence-corrected chi connectivity index (χ2v) is 4.56. The summed E-state index contributed by atoms with van der Waals surface area (Å²) in [7, 11) is 0. The molecule has 0 heterocycles. The highest BCUT2D eigenvalue weighted by Crippen LogP contribution is 2.16. The topological polar surface area (TPSA) is 41.1 Å². The summed E-state index contributed by atoms with van der Waals surface area (Å²) in [5.41, 5.74) is 5.23. The Hall–Kier alpha value is -1.49. The number of hydrazine groups is 1. The third-order valence-electron chi connectivity index (χ3n) is 3.17. The van der Waals surface area contributed by atoms with Crippen LogP contribution in [0.25, 0.3) is 0 Å². The molecule has 1 aliphatic rings. The molecule has 1 aromatic rings. The first-order valence-corrected chi connectivity index (χ1v) is 6.18. The highest BCUT2D eigenvalue weighted by atomic mass is 19.1. The highest BCUT2D eigenvalue weighted by Gasteiger charge is 2.16. The number of carbonyl (C=O) groups is 1. The van der Waals surface area contributed by atoms with Crippen molar-refractivity contribution in [2.75, 3.05) is 0 Å². The van der Waals surface area contributed by atoms with Gasteiger partial charge in [-0.15, -0.1) is 0 Å². The van der Waals surface area contributed by atoms with Crippen LogP contribution in [0.2, 0.25) is 0 Å². The standard InChI is InChI=1S/C13H16F2N2O/c14-9-6-7-11(12(15)8-9)13(18)17-16-10-4-2-1-3-5-10/h6-8,10,16H,1-5H2,(H,17,18). The van der Waals surface area contributed by atoms with Gasteiger partial charge in [0, 0.05) is 12.1 Å². The summed E-state index contributed by atoms with van der Waals surface area (Å²) in [6, 6.07) is 3.16. The molecular formula is C13H16F2N2O. The number of hydrogen-bond donors (Lipinski definition) is 2. The fraction of sp³-hybridized carbons (Fsp3) is 0.462. The molecule has 2 rings (SSSR count). The number of hydrogen-bond acceptors (Lipinski definition) is 2. The molecule has 5 heteroatoms. The van der Waals surface area contributed by atoms with Crippen molar-refractivity contribution in [1.82, 2.24) is 10.9 Å². The summed E-state index contributed by atoms with van der Waals surface area (Å²) < 4.78 is 26.0. The first-order valence-electron chi connectivity index (χ1n) is 6.18. The lowest BCUT2D eigenvalue weighted by molar-refractivity contribution is 0.0915. The van der Waals surface area contributed by atoms with Gasteiger partial charge in [-0.1, -0.05) is 19.3 Å². The molecule has 0 aliphatic heterocycles. The lowest BCUT2D eigenvalue weighted by Gasteiger charge is -2.23. The van der Waals surface area contributed by atoms with Crippen LogP contribution in [0.1, 0.15) is 42.5 Å². The van der Waals surface area contributed by atoms with Crippen LogP contribution in [0.4, 0.5) is 8.78 Å². The number of rotatable bonds is 3. The van der Waals surface area contributed by atoms with E-state index in [1.54, 1.807) is 0 Å². The van der Waals surface area contributed by atoms with Crippen molar-refractivity contribution in [3.05, 3.63) is 35.4 Å². The van der Waals surface area contributed by atoms with E-state index in [4.69, 9.17) is 0 Å². The average molecular weight is 254 g/mol. The number of amides is 1. The summed E-state index contributed by atoms with van der Waals surface area (Å²) in [5, 5.41) is 0. The van der Waals surface area contributed by atoms with Crippen molar-refractivity contribution in [2.24, 2.45) is 0 Å². The summed E-state index contributed by atoms with van der Waals surface area (Å²) in [5.74, 6) is -2.11. The van der Waals surface area contributed by atoms with Gasteiger partial charge in [-0.05, 0) is 25.0 Å². The van der Waals surface area contributed by atoms with Crippen LogP contribution in [0.3, 0.4) is 0 Å². The van der Waals surface area contributed by atoms with E-state index >= 15 is 0 Å². The molecule has 0 bridgehead atoms. The van der Waals surface area contributed by atoms with E-state index in [-0.39, 0.29) is 11.6 Å². The van der Waals surface area contributed by atoms with Crippen LogP contribution in [-0.4, -0.2) is 11.9 Å². The molecule has 0 atom stereocenters. The molecule has 1 saturated carbocycles. The molecule has 1 fully saturated rings. The van der Waals surface area contributed by atoms with Crippen molar-refractivity contribution >= 4 is 5.91 Å². The van der Waals surface area contributed by atoms with Crippen LogP contribution >= 0.6 is 0 Å². The van der Waals surface area contributed by atoms with Gasteiger partial charge in [0.2, 0.25) is 0 Å². The Kier molecular flexibility index (Phi) is 4.25. The van der Waals surface area contributed by atoms with E-state index in [0.717, 1.165) is 37.8 Å². The first-order chi connectivity index (χ1) is 8.66. The van der Waals surface area contributed by atoms with Gasteiger partial charge in [0.25, 0.3) is 5.91 Å². The lowest BCUT2D eigenvalue weighted by Crippen LogP contribution is -2.45. The second-order valence-electron chi connectivity index (χ2n) is 4.56. The molecule has 18 heavy (non-hydrogen) atoms. The number of nitrogens with one attached hydrogen (secondary N) is 2. The maximum atomic E-state index is 13.3. The predicted octanol–water partition coefficient (Wildman–Crippen LogP) is 2.53. The maximum absolute atomic E-state index is 13.3. The minimum Gasteiger partial charge on any atom is -0.287 e. The maximum Gasteiger partial charge on any atom is 0.268 e. The highest BCUT2D eigenvalue weighted by molar-refractivity contribution is 5.94. The molecule has 0 unspecified atom stereocenters. The molecule has 98 valence electrons. The van der Waals surface area contributed by atoms with Gasteiger partial charge in [0.05, 0.1) is 5.56 Å². The Balaban J connectivity index is 1.90. The zero-order valence-corrected chi connectivity index (χ0v) is 10.0. The third-order valence-corrected chi connectivity index (χ3v) is 3.17. The van der Waals surface area contributed by atoms with Gasteiger partial charge in [0.1, 0.15) is 11.6 Å². The quantitative estimate of drug-likeness (QED) is 0.814. The lowest BCUT2D eigenvalue weighted by atomic mass is 9.96. The largest absolute Gasteiger partial charge is 0.287 e. The molecule has 0 saturated heterocycles. The molecule has 1 aliphatic carbocycles. The van der Waals surface area contributed by atoms with Crippen LogP contribution < -0.4 is 10.9 Å². The molecular weight excluding hydrogens is 238 g/mol. The first kappa shape index (κ1) is 13.0. The Morgan fingerprint density at radius 1 is 1.17 bits per heavy atom. The van der Waals surface area contributed by atoms with Crippen molar-refractivity contribution < 1.29 is 13.6 Å². The molecule has 1 aromatic carbocycles. The zero-order valence-electron chi connectivity index (χ0n) is 10.0. The molecule has 0 radical (unpaired) electrons. The van der Waals surface area contributed by atoms with Gasteiger partial charge in [0.15, 0.2) is 0 Å². The van der Waals surface area contributed by atoms with E-state index in [0.29, 0.717) is 6.07 Å². The van der Waals surface area contributed by atoms with Gasteiger partial charge in [-0.2, -0.15) is 0 Å². The van der Waals surface area contributed by atoms with Crippen molar-refractivity contribution in [3.63, 3.8) is 0 Å². The summed E-state index contributed by atoms with van der Waals surface area (Å²) in [6.45, 7) is 0. The van der Waals surface area contributed by atoms with Gasteiger partial charge in [-0.3, -0.25) is 10.2 Å². The van der Waals surface area contributed by atoms with E-state index in [9.17, 15) is 13.6 Å². The van der Waals surface area contributed by atoms with Crippen LogP contribution in [0, 0.1) is 11.6 Å². The molecule has 1 amide bonds. The number of benzene rings is 1. The van der Waals surface area contributed by atoms with E-state index in [1.807, 2.05) is 0 Å². The van der Waals surface area contributed by atoms with Crippen LogP contribution in [0.15, 0.2) is 18.2 Å². The molecule has 3 nitrogen and oxygen atoms in total. The normalized spacial score (nSPS) is 16.6. The fourth-order valence-corrected chi connectivity index (χ4v) is 2.16. The third kappa shape index (κ3) is 3.26. The minimum atomic E-state index is -0.849. The van der Waals surface area contributed by atoms with Gasteiger partial charge < -0.3 is 0 Å².